The summed E-state index contributed by atoms with van der Waals surface area (Å²) in [6, 6.07) is 0. The van der Waals surface area contributed by atoms with Crippen molar-refractivity contribution in [1.29, 1.82) is 0 Å². The molecule has 1 saturated heterocycles. The Balaban J connectivity index is 2.12. The molecule has 1 unspecified atom stereocenters. The highest BCUT2D eigenvalue weighted by molar-refractivity contribution is 4.72. The van der Waals surface area contributed by atoms with Crippen LogP contribution in [0.3, 0.4) is 0 Å². The molecule has 0 aromatic carbocycles. The third kappa shape index (κ3) is 5.83. The summed E-state index contributed by atoms with van der Waals surface area (Å²) in [5, 5.41) is 3.36. The van der Waals surface area contributed by atoms with E-state index in [-0.39, 0.29) is 0 Å². The molecule has 0 spiro atoms. The van der Waals surface area contributed by atoms with Gasteiger partial charge in [-0.25, -0.2) is 0 Å². The van der Waals surface area contributed by atoms with E-state index in [2.05, 4.69) is 31.0 Å². The second kappa shape index (κ2) is 8.04. The van der Waals surface area contributed by atoms with Crippen LogP contribution >= 0.6 is 0 Å². The first kappa shape index (κ1) is 13.9. The third-order valence-electron chi connectivity index (χ3n) is 2.98. The van der Waals surface area contributed by atoms with Gasteiger partial charge in [0.05, 0.1) is 12.7 Å². The van der Waals surface area contributed by atoms with Crippen molar-refractivity contribution in [2.45, 2.75) is 39.7 Å². The molecule has 1 fully saturated rings. The van der Waals surface area contributed by atoms with Gasteiger partial charge in [0.1, 0.15) is 0 Å². The lowest BCUT2D eigenvalue weighted by molar-refractivity contribution is -0.0357. The number of hydrogen-bond acceptors (Lipinski definition) is 3. The molecular weight excluding hydrogens is 200 g/mol. The molecule has 0 aromatic rings. The molecule has 3 heteroatoms. The third-order valence-corrected chi connectivity index (χ3v) is 2.98. The largest absolute Gasteiger partial charge is 0.376 e. The molecule has 0 saturated carbocycles. The summed E-state index contributed by atoms with van der Waals surface area (Å²) in [7, 11) is 0. The Morgan fingerprint density at radius 2 is 2.25 bits per heavy atom. The van der Waals surface area contributed by atoms with Crippen LogP contribution in [0.5, 0.6) is 0 Å². The van der Waals surface area contributed by atoms with Gasteiger partial charge in [-0.15, -0.1) is 0 Å². The molecule has 1 rings (SSSR count). The van der Waals surface area contributed by atoms with E-state index in [1.54, 1.807) is 0 Å². The summed E-state index contributed by atoms with van der Waals surface area (Å²) >= 11 is 0. The fourth-order valence-electron chi connectivity index (χ4n) is 2.27. The molecule has 0 aliphatic carbocycles. The normalized spacial score (nSPS) is 22.9. The molecule has 1 atom stereocenters. The van der Waals surface area contributed by atoms with Crippen LogP contribution < -0.4 is 5.32 Å². The van der Waals surface area contributed by atoms with Crippen molar-refractivity contribution in [3.05, 3.63) is 0 Å². The summed E-state index contributed by atoms with van der Waals surface area (Å²) in [5.41, 5.74) is 0. The fourth-order valence-corrected chi connectivity index (χ4v) is 2.27. The van der Waals surface area contributed by atoms with E-state index in [0.29, 0.717) is 6.10 Å². The van der Waals surface area contributed by atoms with E-state index >= 15 is 0 Å². The number of rotatable bonds is 7. The Morgan fingerprint density at radius 1 is 1.44 bits per heavy atom. The monoisotopic (exact) mass is 228 g/mol. The SMILES string of the molecule is CCNCCCC1CN(CC(C)C)CCO1. The van der Waals surface area contributed by atoms with Crippen molar-refractivity contribution in [3.63, 3.8) is 0 Å². The molecule has 1 heterocycles. The molecule has 1 aliphatic heterocycles. The molecular formula is C13H28N2O. The second-order valence-corrected chi connectivity index (χ2v) is 5.14. The fraction of sp³-hybridized carbons (Fsp3) is 1.00. The first-order valence-corrected chi connectivity index (χ1v) is 6.77. The highest BCUT2D eigenvalue weighted by Gasteiger charge is 2.20. The Morgan fingerprint density at radius 3 is 2.94 bits per heavy atom. The van der Waals surface area contributed by atoms with Crippen molar-refractivity contribution in [2.24, 2.45) is 5.92 Å². The van der Waals surface area contributed by atoms with Gasteiger partial charge >= 0.3 is 0 Å². The summed E-state index contributed by atoms with van der Waals surface area (Å²) < 4.78 is 5.80. The van der Waals surface area contributed by atoms with Gasteiger partial charge in [0.25, 0.3) is 0 Å². The molecule has 96 valence electrons. The van der Waals surface area contributed by atoms with Crippen LogP contribution in [-0.2, 0) is 4.74 Å². The van der Waals surface area contributed by atoms with Gasteiger partial charge in [0, 0.05) is 19.6 Å². The molecule has 3 nitrogen and oxygen atoms in total. The maximum absolute atomic E-state index is 5.80. The van der Waals surface area contributed by atoms with Gasteiger partial charge in [-0.2, -0.15) is 0 Å². The van der Waals surface area contributed by atoms with Crippen LogP contribution in [0, 0.1) is 5.92 Å². The summed E-state index contributed by atoms with van der Waals surface area (Å²) in [6.07, 6.45) is 2.89. The lowest BCUT2D eigenvalue weighted by Crippen LogP contribution is -2.44. The topological polar surface area (TPSA) is 24.5 Å². The number of hydrogen-bond donors (Lipinski definition) is 1. The highest BCUT2D eigenvalue weighted by atomic mass is 16.5. The van der Waals surface area contributed by atoms with Gasteiger partial charge < -0.3 is 10.1 Å². The van der Waals surface area contributed by atoms with Gasteiger partial charge in [0.15, 0.2) is 0 Å². The van der Waals surface area contributed by atoms with Crippen LogP contribution in [-0.4, -0.2) is 50.3 Å². The number of nitrogens with one attached hydrogen (secondary N) is 1. The summed E-state index contributed by atoms with van der Waals surface area (Å²) in [5.74, 6) is 0.764. The van der Waals surface area contributed by atoms with E-state index < -0.39 is 0 Å². The van der Waals surface area contributed by atoms with E-state index in [1.165, 1.54) is 19.4 Å². The Bertz CT molecular complexity index is 173. The predicted molar refractivity (Wildman–Crippen MR) is 68.8 cm³/mol. The molecule has 0 amide bonds. The molecule has 0 radical (unpaired) electrons. The maximum Gasteiger partial charge on any atom is 0.0703 e. The van der Waals surface area contributed by atoms with Crippen molar-refractivity contribution in [2.75, 3.05) is 39.3 Å². The van der Waals surface area contributed by atoms with Crippen LogP contribution in [0.1, 0.15) is 33.6 Å². The van der Waals surface area contributed by atoms with Crippen LogP contribution in [0.15, 0.2) is 0 Å². The quantitative estimate of drug-likeness (QED) is 0.672. The number of ether oxygens (including phenoxy) is 1. The summed E-state index contributed by atoms with van der Waals surface area (Å²) in [4.78, 5) is 2.55. The second-order valence-electron chi connectivity index (χ2n) is 5.14. The number of nitrogens with zero attached hydrogens (tertiary/aromatic N) is 1. The van der Waals surface area contributed by atoms with Crippen LogP contribution in [0.4, 0.5) is 0 Å². The molecule has 0 aromatic heterocycles. The van der Waals surface area contributed by atoms with Crippen molar-refractivity contribution in [1.82, 2.24) is 10.2 Å². The predicted octanol–water partition coefficient (Wildman–Crippen LogP) is 1.73. The first-order chi connectivity index (χ1) is 7.72. The van der Waals surface area contributed by atoms with Crippen molar-refractivity contribution in [3.8, 4) is 0 Å². The average molecular weight is 228 g/mol. The van der Waals surface area contributed by atoms with Crippen molar-refractivity contribution >= 4 is 0 Å². The number of morpholine rings is 1. The molecule has 0 bridgehead atoms. The highest BCUT2D eigenvalue weighted by Crippen LogP contribution is 2.11. The molecule has 16 heavy (non-hydrogen) atoms. The van der Waals surface area contributed by atoms with Gasteiger partial charge in [0.2, 0.25) is 0 Å². The van der Waals surface area contributed by atoms with E-state index in [4.69, 9.17) is 4.74 Å². The lowest BCUT2D eigenvalue weighted by Gasteiger charge is -2.34. The Kier molecular flexibility index (Phi) is 7.01. The zero-order valence-electron chi connectivity index (χ0n) is 11.2. The molecule has 1 N–H and O–H groups in total. The van der Waals surface area contributed by atoms with Gasteiger partial charge in [-0.1, -0.05) is 20.8 Å². The van der Waals surface area contributed by atoms with E-state index in [0.717, 1.165) is 38.7 Å². The zero-order valence-corrected chi connectivity index (χ0v) is 11.2. The van der Waals surface area contributed by atoms with Crippen LogP contribution in [0.25, 0.3) is 0 Å². The Hall–Kier alpha value is -0.120. The van der Waals surface area contributed by atoms with E-state index in [1.807, 2.05) is 0 Å². The lowest BCUT2D eigenvalue weighted by atomic mass is 10.1. The smallest absolute Gasteiger partial charge is 0.0703 e. The average Bonchev–Trinajstić information content (AvgIpc) is 2.24. The summed E-state index contributed by atoms with van der Waals surface area (Å²) in [6.45, 7) is 13.3. The Labute approximate surface area is 101 Å². The first-order valence-electron chi connectivity index (χ1n) is 6.77. The van der Waals surface area contributed by atoms with E-state index in [9.17, 15) is 0 Å². The van der Waals surface area contributed by atoms with Crippen molar-refractivity contribution < 1.29 is 4.74 Å². The van der Waals surface area contributed by atoms with Gasteiger partial charge in [-0.05, 0) is 31.8 Å². The van der Waals surface area contributed by atoms with Crippen LogP contribution in [0.2, 0.25) is 0 Å². The molecule has 1 aliphatic rings. The minimum absolute atomic E-state index is 0.464. The maximum atomic E-state index is 5.80. The standard InChI is InChI=1S/C13H28N2O/c1-4-14-7-5-6-13-11-15(8-9-16-13)10-12(2)3/h12-14H,4-11H2,1-3H3. The zero-order chi connectivity index (χ0) is 11.8. The minimum atomic E-state index is 0.464. The van der Waals surface area contributed by atoms with Gasteiger partial charge in [-0.3, -0.25) is 4.90 Å². The minimum Gasteiger partial charge on any atom is -0.376 e.